The zero-order chi connectivity index (χ0) is 20.3. The zero-order valence-electron chi connectivity index (χ0n) is 15.6. The van der Waals surface area contributed by atoms with Crippen molar-refractivity contribution in [2.24, 2.45) is 17.4 Å². The van der Waals surface area contributed by atoms with Gasteiger partial charge in [-0.3, -0.25) is 19.2 Å². The van der Waals surface area contributed by atoms with Gasteiger partial charge in [-0.15, -0.1) is 0 Å². The number of hydrogen-bond donors (Lipinski definition) is 4. The average Bonchev–Trinajstić information content (AvgIpc) is 3.40. The quantitative estimate of drug-likeness (QED) is 0.442. The predicted octanol–water partition coefficient (Wildman–Crippen LogP) is -2.58. The molecule has 4 rings (SSSR count). The maximum Gasteiger partial charge on any atom is 0.329 e. The minimum absolute atomic E-state index is 0.00708. The minimum Gasteiger partial charge on any atom is -0.399 e. The second-order valence-electron chi connectivity index (χ2n) is 8.05. The lowest BCUT2D eigenvalue weighted by Crippen LogP contribution is -2.62. The first-order chi connectivity index (χ1) is 13.3. The van der Waals surface area contributed by atoms with E-state index in [1.54, 1.807) is 11.8 Å². The maximum atomic E-state index is 15.3. The zero-order valence-corrected chi connectivity index (χ0v) is 15.6. The number of nitrogens with one attached hydrogen (secondary N) is 1. The highest BCUT2D eigenvalue weighted by atomic mass is 19.1. The number of fused-ring (bicyclic) bond motifs is 1. The van der Waals surface area contributed by atoms with E-state index >= 15 is 4.39 Å². The number of nitrogens with zero attached hydrogens (tertiary/aromatic N) is 2. The summed E-state index contributed by atoms with van der Waals surface area (Å²) >= 11 is 0. The molecule has 8 nitrogen and oxygen atoms in total. The molecule has 10 heteroatoms. The second kappa shape index (κ2) is 6.78. The van der Waals surface area contributed by atoms with Crippen LogP contribution in [-0.4, -0.2) is 63.7 Å². The Morgan fingerprint density at radius 3 is 2.57 bits per heavy atom. The van der Waals surface area contributed by atoms with Crippen LogP contribution in [0.2, 0.25) is 0 Å². The van der Waals surface area contributed by atoms with Gasteiger partial charge in [0.15, 0.2) is 6.17 Å². The van der Waals surface area contributed by atoms with E-state index in [4.69, 9.17) is 11.5 Å². The number of aliphatic hydroxyl groups is 1. The van der Waals surface area contributed by atoms with Crippen molar-refractivity contribution >= 4 is 11.3 Å². The largest absolute Gasteiger partial charge is 0.399 e. The standard InChI is InChI=1S/C18H25F2N5O3/c1-7-15-12(17(27)23-18(28)25(15)8-2-3-8)14(22)13(20)16(7)24-4-9(10(19)5-24)11(21)6-26/h8-11,13,16,26H,2-6,21-22H2,1H3,(H,23,27,28). The molecule has 5 atom stereocenters. The number of likely N-dealkylation sites (tertiary alicyclic amines) is 1. The fourth-order valence-corrected chi connectivity index (χ4v) is 4.60. The number of H-pyrrole nitrogens is 1. The molecule has 1 aliphatic heterocycles. The minimum atomic E-state index is -1.71. The number of halogens is 2. The lowest BCUT2D eigenvalue weighted by atomic mass is 9.93. The van der Waals surface area contributed by atoms with Gasteiger partial charge in [0.2, 0.25) is 0 Å². The van der Waals surface area contributed by atoms with Gasteiger partial charge in [-0.2, -0.15) is 0 Å². The van der Waals surface area contributed by atoms with Crippen molar-refractivity contribution in [3.63, 3.8) is 0 Å². The first-order valence-electron chi connectivity index (χ1n) is 9.50. The number of rotatable bonds is 4. The van der Waals surface area contributed by atoms with E-state index in [-0.39, 0.29) is 36.7 Å². The van der Waals surface area contributed by atoms with Crippen molar-refractivity contribution in [3.05, 3.63) is 31.4 Å². The Kier molecular flexibility index (Phi) is 4.67. The molecule has 3 aliphatic rings. The fraction of sp³-hybridized carbons (Fsp3) is 0.667. The molecule has 0 aromatic carbocycles. The first kappa shape index (κ1) is 19.3. The van der Waals surface area contributed by atoms with Gasteiger partial charge in [0.1, 0.15) is 6.17 Å². The van der Waals surface area contributed by atoms with Gasteiger partial charge in [0, 0.05) is 31.1 Å². The number of alkyl halides is 2. The van der Waals surface area contributed by atoms with Gasteiger partial charge in [-0.25, -0.2) is 13.6 Å². The summed E-state index contributed by atoms with van der Waals surface area (Å²) in [6.45, 7) is 1.40. The molecule has 0 spiro atoms. The van der Waals surface area contributed by atoms with E-state index in [0.717, 1.165) is 12.8 Å². The predicted molar refractivity (Wildman–Crippen MR) is 99.2 cm³/mol. The second-order valence-corrected chi connectivity index (χ2v) is 8.05. The summed E-state index contributed by atoms with van der Waals surface area (Å²) < 4.78 is 31.3. The summed E-state index contributed by atoms with van der Waals surface area (Å²) in [4.78, 5) is 28.6. The van der Waals surface area contributed by atoms with Crippen LogP contribution in [-0.2, 0) is 0 Å². The highest BCUT2D eigenvalue weighted by Gasteiger charge is 2.44. The van der Waals surface area contributed by atoms with E-state index in [2.05, 4.69) is 4.98 Å². The Hall–Kier alpha value is -2.04. The molecule has 2 heterocycles. The molecule has 0 bridgehead atoms. The van der Waals surface area contributed by atoms with Crippen molar-refractivity contribution in [2.75, 3.05) is 19.7 Å². The van der Waals surface area contributed by atoms with E-state index < -0.39 is 41.6 Å². The molecular weight excluding hydrogens is 372 g/mol. The normalized spacial score (nSPS) is 31.9. The Bertz CT molecular complexity index is 1030. The average molecular weight is 397 g/mol. The topological polar surface area (TPSA) is 130 Å². The van der Waals surface area contributed by atoms with Gasteiger partial charge in [0.25, 0.3) is 5.56 Å². The van der Waals surface area contributed by atoms with E-state index in [1.807, 2.05) is 0 Å². The van der Waals surface area contributed by atoms with Crippen LogP contribution in [0.1, 0.15) is 25.8 Å². The van der Waals surface area contributed by atoms with Crippen molar-refractivity contribution in [1.82, 2.24) is 14.5 Å². The van der Waals surface area contributed by atoms with Crippen LogP contribution in [0.5, 0.6) is 0 Å². The Balaban J connectivity index is 1.88. The molecule has 0 radical (unpaired) electrons. The first-order valence-corrected chi connectivity index (χ1v) is 9.50. The molecule has 6 N–H and O–H groups in total. The summed E-state index contributed by atoms with van der Waals surface area (Å²) in [5, 5.41) is 9.60. The molecule has 2 fully saturated rings. The molecule has 0 amide bonds. The Morgan fingerprint density at radius 1 is 1.29 bits per heavy atom. The highest BCUT2D eigenvalue weighted by Crippen LogP contribution is 2.33. The van der Waals surface area contributed by atoms with Crippen LogP contribution in [0.15, 0.2) is 9.59 Å². The number of hydrogen-bond acceptors (Lipinski definition) is 6. The van der Waals surface area contributed by atoms with Crippen molar-refractivity contribution in [2.45, 2.75) is 50.2 Å². The Labute approximate surface area is 159 Å². The summed E-state index contributed by atoms with van der Waals surface area (Å²) in [7, 11) is 0. The molecule has 1 aromatic heterocycles. The van der Waals surface area contributed by atoms with Gasteiger partial charge < -0.3 is 16.6 Å². The number of aromatic nitrogens is 2. The number of aliphatic hydroxyl groups excluding tert-OH is 1. The molecular formula is C18H25F2N5O3. The van der Waals surface area contributed by atoms with Gasteiger partial charge in [-0.1, -0.05) is 0 Å². The van der Waals surface area contributed by atoms with Crippen LogP contribution >= 0.6 is 0 Å². The maximum absolute atomic E-state index is 15.3. The summed E-state index contributed by atoms with van der Waals surface area (Å²) in [5.74, 6) is -0.627. The number of nitrogens with two attached hydrogens (primary N) is 2. The van der Waals surface area contributed by atoms with Gasteiger partial charge in [-0.05, 0) is 25.3 Å². The molecule has 5 unspecified atom stereocenters. The molecule has 28 heavy (non-hydrogen) atoms. The third kappa shape index (κ3) is 2.82. The lowest BCUT2D eigenvalue weighted by molar-refractivity contribution is 0.180. The van der Waals surface area contributed by atoms with Crippen molar-refractivity contribution in [1.29, 1.82) is 0 Å². The van der Waals surface area contributed by atoms with Crippen LogP contribution in [0, 0.1) is 5.92 Å². The highest BCUT2D eigenvalue weighted by molar-refractivity contribution is 5.62. The van der Waals surface area contributed by atoms with E-state index in [1.165, 1.54) is 4.57 Å². The summed E-state index contributed by atoms with van der Waals surface area (Å²) in [5.41, 5.74) is 10.8. The SMILES string of the molecule is CC1=c2c(c(=O)[nH]c(=O)n2C2CC2)=C(N)C(F)C1N1CC(F)C(C(N)CO)C1. The van der Waals surface area contributed by atoms with Crippen molar-refractivity contribution < 1.29 is 13.9 Å². The molecule has 1 saturated heterocycles. The lowest BCUT2D eigenvalue weighted by Gasteiger charge is -2.34. The smallest absolute Gasteiger partial charge is 0.329 e. The number of aromatic amines is 1. The molecule has 1 aromatic rings. The van der Waals surface area contributed by atoms with Gasteiger partial charge in [0.05, 0.1) is 28.9 Å². The Morgan fingerprint density at radius 2 is 1.96 bits per heavy atom. The van der Waals surface area contributed by atoms with Crippen LogP contribution in [0.3, 0.4) is 0 Å². The van der Waals surface area contributed by atoms with Crippen LogP contribution < -0.4 is 33.3 Å². The monoisotopic (exact) mass is 397 g/mol. The van der Waals surface area contributed by atoms with Crippen LogP contribution in [0.4, 0.5) is 8.78 Å². The van der Waals surface area contributed by atoms with Crippen LogP contribution in [0.25, 0.3) is 11.3 Å². The molecule has 2 aliphatic carbocycles. The summed E-state index contributed by atoms with van der Waals surface area (Å²) in [6, 6.07) is -1.70. The van der Waals surface area contributed by atoms with E-state index in [0.29, 0.717) is 10.9 Å². The fourth-order valence-electron chi connectivity index (χ4n) is 4.60. The van der Waals surface area contributed by atoms with Gasteiger partial charge >= 0.3 is 5.69 Å². The summed E-state index contributed by atoms with van der Waals surface area (Å²) in [6.07, 6.45) is -1.44. The molecule has 1 saturated carbocycles. The third-order valence-electron chi connectivity index (χ3n) is 6.21. The van der Waals surface area contributed by atoms with Crippen molar-refractivity contribution in [3.8, 4) is 0 Å². The third-order valence-corrected chi connectivity index (χ3v) is 6.21. The van der Waals surface area contributed by atoms with E-state index in [9.17, 15) is 19.1 Å². The molecule has 154 valence electrons.